The Bertz CT molecular complexity index is 523. The lowest BCUT2D eigenvalue weighted by molar-refractivity contribution is 0.111. The molecule has 1 aromatic heterocycles. The molecule has 0 atom stereocenters. The zero-order chi connectivity index (χ0) is 10.8. The number of methoxy groups -OCH3 is 1. The van der Waals surface area contributed by atoms with Crippen LogP contribution in [0.15, 0.2) is 18.2 Å². The van der Waals surface area contributed by atoms with Gasteiger partial charge in [0.15, 0.2) is 12.1 Å². The van der Waals surface area contributed by atoms with Crippen LogP contribution in [0.2, 0.25) is 0 Å². The Balaban J connectivity index is 2.84. The number of hydrogen-bond acceptors (Lipinski definition) is 4. The molecule has 0 saturated carbocycles. The molecule has 2 aromatic rings. The number of fused-ring (bicyclic) bond motifs is 1. The van der Waals surface area contributed by atoms with Crippen molar-refractivity contribution in [2.75, 3.05) is 7.11 Å². The van der Waals surface area contributed by atoms with Gasteiger partial charge in [0.2, 0.25) is 0 Å². The minimum Gasteiger partial charge on any atom is -0.496 e. The van der Waals surface area contributed by atoms with Gasteiger partial charge in [-0.05, 0) is 19.1 Å². The molecule has 1 heterocycles. The predicted octanol–water partition coefficient (Wildman–Crippen LogP) is 1.76. The van der Waals surface area contributed by atoms with E-state index in [2.05, 4.69) is 9.97 Å². The van der Waals surface area contributed by atoms with Crippen molar-refractivity contribution in [3.63, 3.8) is 0 Å². The molecule has 1 aromatic carbocycles. The van der Waals surface area contributed by atoms with E-state index in [9.17, 15) is 4.79 Å². The van der Waals surface area contributed by atoms with Crippen LogP contribution in [0.4, 0.5) is 0 Å². The average Bonchev–Trinajstić information content (AvgIpc) is 2.27. The molecule has 15 heavy (non-hydrogen) atoms. The summed E-state index contributed by atoms with van der Waals surface area (Å²) in [5.41, 5.74) is 1.48. The lowest BCUT2D eigenvalue weighted by Gasteiger charge is -2.06. The van der Waals surface area contributed by atoms with Crippen molar-refractivity contribution in [1.29, 1.82) is 0 Å². The van der Waals surface area contributed by atoms with Gasteiger partial charge in [0.1, 0.15) is 5.75 Å². The Morgan fingerprint density at radius 3 is 2.80 bits per heavy atom. The Morgan fingerprint density at radius 2 is 2.13 bits per heavy atom. The first-order valence-corrected chi connectivity index (χ1v) is 4.53. The molecule has 0 saturated heterocycles. The van der Waals surface area contributed by atoms with E-state index in [0.717, 1.165) is 22.3 Å². The fourth-order valence-electron chi connectivity index (χ4n) is 1.58. The van der Waals surface area contributed by atoms with Crippen LogP contribution >= 0.6 is 0 Å². The summed E-state index contributed by atoms with van der Waals surface area (Å²) in [6.45, 7) is 1.83. The normalized spacial score (nSPS) is 10.3. The molecule has 0 aliphatic carbocycles. The molecule has 0 aliphatic rings. The van der Waals surface area contributed by atoms with E-state index in [1.54, 1.807) is 7.11 Å². The topological polar surface area (TPSA) is 52.1 Å². The van der Waals surface area contributed by atoms with E-state index in [-0.39, 0.29) is 5.82 Å². The number of ether oxygens (including phenoxy) is 1. The van der Waals surface area contributed by atoms with Gasteiger partial charge in [-0.25, -0.2) is 9.97 Å². The second-order valence-electron chi connectivity index (χ2n) is 3.14. The number of aldehydes is 1. The number of aromatic nitrogens is 2. The van der Waals surface area contributed by atoms with E-state index < -0.39 is 0 Å². The van der Waals surface area contributed by atoms with E-state index in [4.69, 9.17) is 4.74 Å². The van der Waals surface area contributed by atoms with Gasteiger partial charge in [-0.1, -0.05) is 6.07 Å². The van der Waals surface area contributed by atoms with E-state index in [0.29, 0.717) is 6.29 Å². The van der Waals surface area contributed by atoms with Crippen LogP contribution < -0.4 is 4.74 Å². The number of carbonyl (C=O) groups is 1. The molecule has 0 unspecified atom stereocenters. The number of aryl methyl sites for hydroxylation is 1. The van der Waals surface area contributed by atoms with E-state index in [1.807, 2.05) is 25.1 Å². The summed E-state index contributed by atoms with van der Waals surface area (Å²) in [5.74, 6) is 0.927. The number of benzene rings is 1. The minimum atomic E-state index is 0.202. The largest absolute Gasteiger partial charge is 0.496 e. The quantitative estimate of drug-likeness (QED) is 0.696. The first kappa shape index (κ1) is 9.58. The highest BCUT2D eigenvalue weighted by molar-refractivity contribution is 5.88. The molecule has 0 spiro atoms. The molecule has 0 bridgehead atoms. The van der Waals surface area contributed by atoms with Gasteiger partial charge >= 0.3 is 0 Å². The highest BCUT2D eigenvalue weighted by Gasteiger charge is 2.08. The molecule has 0 aliphatic heterocycles. The van der Waals surface area contributed by atoms with Crippen LogP contribution in [0, 0.1) is 6.92 Å². The van der Waals surface area contributed by atoms with Gasteiger partial charge in [0.05, 0.1) is 23.7 Å². The summed E-state index contributed by atoms with van der Waals surface area (Å²) in [7, 11) is 1.60. The average molecular weight is 202 g/mol. The Morgan fingerprint density at radius 1 is 1.33 bits per heavy atom. The van der Waals surface area contributed by atoms with Crippen LogP contribution in [0.3, 0.4) is 0 Å². The van der Waals surface area contributed by atoms with Gasteiger partial charge < -0.3 is 4.74 Å². The van der Waals surface area contributed by atoms with Crippen LogP contribution in [0.5, 0.6) is 5.75 Å². The first-order valence-electron chi connectivity index (χ1n) is 4.53. The van der Waals surface area contributed by atoms with Gasteiger partial charge in [-0.15, -0.1) is 0 Å². The zero-order valence-electron chi connectivity index (χ0n) is 8.52. The molecule has 76 valence electrons. The summed E-state index contributed by atoms with van der Waals surface area (Å²) in [4.78, 5) is 18.8. The Labute approximate surface area is 86.9 Å². The van der Waals surface area contributed by atoms with Crippen molar-refractivity contribution in [2.24, 2.45) is 0 Å². The lowest BCUT2D eigenvalue weighted by Crippen LogP contribution is -1.98. The van der Waals surface area contributed by atoms with Crippen molar-refractivity contribution < 1.29 is 9.53 Å². The summed E-state index contributed by atoms with van der Waals surface area (Å²) >= 11 is 0. The van der Waals surface area contributed by atoms with Crippen molar-refractivity contribution in [3.05, 3.63) is 29.7 Å². The third-order valence-corrected chi connectivity index (χ3v) is 2.21. The van der Waals surface area contributed by atoms with Crippen LogP contribution in [-0.2, 0) is 0 Å². The van der Waals surface area contributed by atoms with Gasteiger partial charge in [-0.2, -0.15) is 0 Å². The lowest BCUT2D eigenvalue weighted by atomic mass is 10.2. The van der Waals surface area contributed by atoms with Crippen LogP contribution in [0.1, 0.15) is 16.3 Å². The van der Waals surface area contributed by atoms with Crippen molar-refractivity contribution in [2.45, 2.75) is 6.92 Å². The third-order valence-electron chi connectivity index (χ3n) is 2.21. The molecule has 4 heteroatoms. The molecule has 0 fully saturated rings. The monoisotopic (exact) mass is 202 g/mol. The second kappa shape index (κ2) is 3.65. The second-order valence-corrected chi connectivity index (χ2v) is 3.14. The molecular weight excluding hydrogens is 192 g/mol. The smallest absolute Gasteiger partial charge is 0.193 e. The summed E-state index contributed by atoms with van der Waals surface area (Å²) < 4.78 is 5.21. The fraction of sp³-hybridized carbons (Fsp3) is 0.182. The summed E-state index contributed by atoms with van der Waals surface area (Å²) in [6.07, 6.45) is 0.645. The van der Waals surface area contributed by atoms with Gasteiger partial charge in [0, 0.05) is 0 Å². The molecule has 0 radical (unpaired) electrons. The van der Waals surface area contributed by atoms with Crippen molar-refractivity contribution >= 4 is 17.2 Å². The highest BCUT2D eigenvalue weighted by Crippen LogP contribution is 2.25. The summed E-state index contributed by atoms with van der Waals surface area (Å²) in [5, 5.41) is 0.852. The molecule has 0 amide bonds. The maximum atomic E-state index is 10.6. The summed E-state index contributed by atoms with van der Waals surface area (Å²) in [6, 6.07) is 5.51. The number of carbonyl (C=O) groups excluding carboxylic acids is 1. The number of hydrogen-bond donors (Lipinski definition) is 0. The third kappa shape index (κ3) is 1.54. The Kier molecular flexibility index (Phi) is 2.33. The van der Waals surface area contributed by atoms with Crippen LogP contribution in [0.25, 0.3) is 10.9 Å². The van der Waals surface area contributed by atoms with E-state index >= 15 is 0 Å². The van der Waals surface area contributed by atoms with Crippen molar-refractivity contribution in [1.82, 2.24) is 9.97 Å². The van der Waals surface area contributed by atoms with E-state index in [1.165, 1.54) is 0 Å². The predicted molar refractivity (Wildman–Crippen MR) is 56.2 cm³/mol. The molecule has 0 N–H and O–H groups in total. The number of rotatable bonds is 2. The SMILES string of the molecule is COc1cccc2nc(C=O)nc(C)c12. The first-order chi connectivity index (χ1) is 7.26. The maximum absolute atomic E-state index is 10.6. The molecule has 4 nitrogen and oxygen atoms in total. The van der Waals surface area contributed by atoms with Crippen LogP contribution in [-0.4, -0.2) is 23.4 Å². The fourth-order valence-corrected chi connectivity index (χ4v) is 1.58. The zero-order valence-corrected chi connectivity index (χ0v) is 8.52. The minimum absolute atomic E-state index is 0.202. The maximum Gasteiger partial charge on any atom is 0.193 e. The number of nitrogens with zero attached hydrogens (tertiary/aromatic N) is 2. The Hall–Kier alpha value is -1.97. The highest BCUT2D eigenvalue weighted by atomic mass is 16.5. The molecular formula is C11H10N2O2. The van der Waals surface area contributed by atoms with Gasteiger partial charge in [-0.3, -0.25) is 4.79 Å². The molecule has 2 rings (SSSR count). The van der Waals surface area contributed by atoms with Gasteiger partial charge in [0.25, 0.3) is 0 Å². The standard InChI is InChI=1S/C11H10N2O2/c1-7-11-8(13-10(6-14)12-7)4-3-5-9(11)15-2/h3-6H,1-2H3. The van der Waals surface area contributed by atoms with Crippen molar-refractivity contribution in [3.8, 4) is 5.75 Å².